The lowest BCUT2D eigenvalue weighted by Crippen LogP contribution is -2.22. The van der Waals surface area contributed by atoms with Crippen molar-refractivity contribution in [3.05, 3.63) is 48.3 Å². The highest BCUT2D eigenvalue weighted by Gasteiger charge is 2.19. The smallest absolute Gasteiger partial charge is 0.339 e. The molecule has 2 aromatic rings. The predicted octanol–water partition coefficient (Wildman–Crippen LogP) is 1.13. The van der Waals surface area contributed by atoms with Crippen molar-refractivity contribution in [2.75, 3.05) is 11.9 Å². The number of benzene rings is 1. The van der Waals surface area contributed by atoms with E-state index in [2.05, 4.69) is 4.83 Å². The Kier molecular flexibility index (Phi) is 3.66. The number of methoxy groups -OCH3 is 1. The third kappa shape index (κ3) is 2.75. The fourth-order valence-electron chi connectivity index (χ4n) is 1.61. The first-order valence-electron chi connectivity index (χ1n) is 5.51. The molecule has 0 unspecified atom stereocenters. The molecule has 0 fully saturated rings. The molecule has 7 nitrogen and oxygen atoms in total. The summed E-state index contributed by atoms with van der Waals surface area (Å²) in [6, 6.07) is 6.93. The van der Waals surface area contributed by atoms with Gasteiger partial charge in [0.05, 0.1) is 12.0 Å². The van der Waals surface area contributed by atoms with Gasteiger partial charge in [-0.25, -0.2) is 9.63 Å². The van der Waals surface area contributed by atoms with Gasteiger partial charge in [-0.3, -0.25) is 4.68 Å². The molecule has 0 spiro atoms. The van der Waals surface area contributed by atoms with E-state index < -0.39 is 16.0 Å². The Morgan fingerprint density at radius 2 is 1.95 bits per heavy atom. The van der Waals surface area contributed by atoms with Crippen LogP contribution in [0.25, 0.3) is 0 Å². The zero-order valence-electron chi connectivity index (χ0n) is 10.5. The summed E-state index contributed by atoms with van der Waals surface area (Å²) in [5.74, 6) is -1.17. The summed E-state index contributed by atoms with van der Waals surface area (Å²) < 4.78 is 30.3. The molecule has 0 saturated heterocycles. The summed E-state index contributed by atoms with van der Waals surface area (Å²) in [6.07, 6.45) is 3.03. The topological polar surface area (TPSA) is 97.6 Å². The summed E-state index contributed by atoms with van der Waals surface area (Å²) in [5, 5.41) is 9.04. The van der Waals surface area contributed by atoms with Crippen molar-refractivity contribution in [2.24, 2.45) is 0 Å². The fourth-order valence-corrected chi connectivity index (χ4v) is 2.63. The average molecular weight is 296 g/mol. The summed E-state index contributed by atoms with van der Waals surface area (Å²) in [4.78, 5) is 13.2. The van der Waals surface area contributed by atoms with E-state index in [0.717, 1.165) is 6.07 Å². The molecule has 8 heteroatoms. The van der Waals surface area contributed by atoms with E-state index in [4.69, 9.17) is 9.84 Å². The van der Waals surface area contributed by atoms with Crippen LogP contribution in [0.2, 0.25) is 0 Å². The van der Waals surface area contributed by atoms with Crippen molar-refractivity contribution < 1.29 is 23.1 Å². The molecular weight excluding hydrogens is 284 g/mol. The predicted molar refractivity (Wildman–Crippen MR) is 70.9 cm³/mol. The number of nitrogens with one attached hydrogen (secondary N) is 1. The van der Waals surface area contributed by atoms with E-state index in [1.807, 2.05) is 0 Å². The molecule has 1 aromatic heterocycles. The van der Waals surface area contributed by atoms with E-state index in [-0.39, 0.29) is 16.2 Å². The number of carboxylic acids is 1. The summed E-state index contributed by atoms with van der Waals surface area (Å²) in [6.45, 7) is 0. The Morgan fingerprint density at radius 3 is 2.50 bits per heavy atom. The van der Waals surface area contributed by atoms with Crippen LogP contribution in [0.4, 0.5) is 0 Å². The Morgan fingerprint density at radius 1 is 1.30 bits per heavy atom. The van der Waals surface area contributed by atoms with Crippen LogP contribution in [0, 0.1) is 0 Å². The minimum Gasteiger partial charge on any atom is -0.496 e. The standard InChI is InChI=1S/C12H12N2O5S/c1-19-11-5-4-9(8-10(11)12(15)16)20(17,18)13-14-6-2-3-7-14/h2-8,13H,1H3,(H,15,16). The van der Waals surface area contributed by atoms with Crippen LogP contribution < -0.4 is 9.57 Å². The van der Waals surface area contributed by atoms with Crippen molar-refractivity contribution in [3.8, 4) is 5.75 Å². The first-order chi connectivity index (χ1) is 9.44. The zero-order chi connectivity index (χ0) is 14.8. The molecule has 0 bridgehead atoms. The Balaban J connectivity index is 2.42. The molecular formula is C12H12N2O5S. The third-order valence-electron chi connectivity index (χ3n) is 2.54. The number of aromatic nitrogens is 1. The summed E-state index contributed by atoms with van der Waals surface area (Å²) in [5.41, 5.74) is -0.220. The first kappa shape index (κ1) is 13.9. The van der Waals surface area contributed by atoms with Crippen LogP contribution in [0.1, 0.15) is 10.4 Å². The van der Waals surface area contributed by atoms with E-state index >= 15 is 0 Å². The van der Waals surface area contributed by atoms with Crippen molar-refractivity contribution >= 4 is 16.0 Å². The second-order valence-corrected chi connectivity index (χ2v) is 5.51. The number of sulfonamides is 1. The third-order valence-corrected chi connectivity index (χ3v) is 3.87. The van der Waals surface area contributed by atoms with Gasteiger partial charge in [0.15, 0.2) is 0 Å². The van der Waals surface area contributed by atoms with Gasteiger partial charge in [-0.2, -0.15) is 8.42 Å². The van der Waals surface area contributed by atoms with Gasteiger partial charge in [0.25, 0.3) is 10.0 Å². The maximum atomic E-state index is 12.1. The minimum absolute atomic E-state index is 0.0948. The zero-order valence-corrected chi connectivity index (χ0v) is 11.3. The number of hydrogen-bond acceptors (Lipinski definition) is 4. The molecule has 0 saturated carbocycles. The van der Waals surface area contributed by atoms with Gasteiger partial charge in [0, 0.05) is 12.4 Å². The molecule has 2 rings (SSSR count). The molecule has 20 heavy (non-hydrogen) atoms. The maximum absolute atomic E-state index is 12.1. The Bertz CT molecular complexity index is 722. The number of aromatic carboxylic acids is 1. The van der Waals surface area contributed by atoms with Crippen LogP contribution in [0.5, 0.6) is 5.75 Å². The first-order valence-corrected chi connectivity index (χ1v) is 6.99. The number of carboxylic acid groups (broad SMARTS) is 1. The van der Waals surface area contributed by atoms with Gasteiger partial charge in [0.2, 0.25) is 0 Å². The second-order valence-electron chi connectivity index (χ2n) is 3.85. The number of hydrogen-bond donors (Lipinski definition) is 2. The quantitative estimate of drug-likeness (QED) is 0.862. The molecule has 0 atom stereocenters. The van der Waals surface area contributed by atoms with E-state index in [1.54, 1.807) is 12.1 Å². The van der Waals surface area contributed by atoms with Gasteiger partial charge < -0.3 is 9.84 Å². The Labute approximate surface area is 115 Å². The Hall–Kier alpha value is -2.48. The lowest BCUT2D eigenvalue weighted by Gasteiger charge is -2.11. The van der Waals surface area contributed by atoms with Gasteiger partial charge in [0.1, 0.15) is 11.3 Å². The maximum Gasteiger partial charge on any atom is 0.339 e. The molecule has 0 radical (unpaired) electrons. The summed E-state index contributed by atoms with van der Waals surface area (Å²) in [7, 11) is -2.56. The lowest BCUT2D eigenvalue weighted by molar-refractivity contribution is 0.0693. The molecule has 0 amide bonds. The largest absolute Gasteiger partial charge is 0.496 e. The van der Waals surface area contributed by atoms with Crippen LogP contribution in [0.15, 0.2) is 47.6 Å². The van der Waals surface area contributed by atoms with E-state index in [0.29, 0.717) is 0 Å². The molecule has 2 N–H and O–H groups in total. The molecule has 106 valence electrons. The van der Waals surface area contributed by atoms with Gasteiger partial charge >= 0.3 is 5.97 Å². The fraction of sp³-hybridized carbons (Fsp3) is 0.0833. The lowest BCUT2D eigenvalue weighted by atomic mass is 10.2. The molecule has 0 aliphatic heterocycles. The SMILES string of the molecule is COc1ccc(S(=O)(=O)Nn2cccc2)cc1C(=O)O. The highest BCUT2D eigenvalue weighted by molar-refractivity contribution is 7.92. The number of nitrogens with zero attached hydrogens (tertiary/aromatic N) is 1. The monoisotopic (exact) mass is 296 g/mol. The van der Waals surface area contributed by atoms with Gasteiger partial charge in [-0.1, -0.05) is 0 Å². The molecule has 1 heterocycles. The van der Waals surface area contributed by atoms with E-state index in [1.165, 1.54) is 36.3 Å². The van der Waals surface area contributed by atoms with Crippen molar-refractivity contribution in [1.29, 1.82) is 0 Å². The molecule has 1 aromatic carbocycles. The van der Waals surface area contributed by atoms with Gasteiger partial charge in [-0.05, 0) is 30.3 Å². The van der Waals surface area contributed by atoms with Crippen molar-refractivity contribution in [2.45, 2.75) is 4.90 Å². The van der Waals surface area contributed by atoms with Crippen molar-refractivity contribution in [3.63, 3.8) is 0 Å². The number of rotatable bonds is 5. The highest BCUT2D eigenvalue weighted by atomic mass is 32.2. The molecule has 0 aliphatic carbocycles. The highest BCUT2D eigenvalue weighted by Crippen LogP contribution is 2.22. The number of carbonyl (C=O) groups is 1. The summed E-state index contributed by atoms with van der Waals surface area (Å²) >= 11 is 0. The molecule has 0 aliphatic rings. The normalized spacial score (nSPS) is 11.1. The van der Waals surface area contributed by atoms with Crippen LogP contribution in [0.3, 0.4) is 0 Å². The minimum atomic E-state index is -3.87. The van der Waals surface area contributed by atoms with Gasteiger partial charge in [-0.15, -0.1) is 0 Å². The second kappa shape index (κ2) is 5.25. The number of ether oxygens (including phenoxy) is 1. The van der Waals surface area contributed by atoms with Crippen LogP contribution in [-0.2, 0) is 10.0 Å². The van der Waals surface area contributed by atoms with E-state index in [9.17, 15) is 13.2 Å². The van der Waals surface area contributed by atoms with Crippen LogP contribution in [-0.4, -0.2) is 31.3 Å². The van der Waals surface area contributed by atoms with Crippen LogP contribution >= 0.6 is 0 Å². The van der Waals surface area contributed by atoms with Crippen molar-refractivity contribution in [1.82, 2.24) is 4.68 Å². The average Bonchev–Trinajstić information content (AvgIpc) is 2.89.